The van der Waals surface area contributed by atoms with Crippen LogP contribution in [0, 0.1) is 11.8 Å². The van der Waals surface area contributed by atoms with Gasteiger partial charge in [-0.1, -0.05) is 72.4 Å². The van der Waals surface area contributed by atoms with E-state index in [2.05, 4.69) is 34.4 Å². The lowest BCUT2D eigenvalue weighted by molar-refractivity contribution is -0.128. The first-order valence-electron chi connectivity index (χ1n) is 7.14. The van der Waals surface area contributed by atoms with Crippen molar-refractivity contribution in [3.8, 4) is 17.6 Å². The van der Waals surface area contributed by atoms with Crippen LogP contribution in [-0.2, 0) is 4.79 Å². The Morgan fingerprint density at radius 3 is 2.35 bits per heavy atom. The fraction of sp³-hybridized carbons (Fsp3) is 0.471. The minimum absolute atomic E-state index is 0.474. The van der Waals surface area contributed by atoms with Gasteiger partial charge in [0.25, 0.3) is 0 Å². The van der Waals surface area contributed by atoms with E-state index in [0.717, 1.165) is 12.8 Å². The van der Waals surface area contributed by atoms with Crippen molar-refractivity contribution in [2.45, 2.75) is 44.9 Å². The maximum atomic E-state index is 11.4. The van der Waals surface area contributed by atoms with Gasteiger partial charge in [0.2, 0.25) is 0 Å². The van der Waals surface area contributed by atoms with Crippen molar-refractivity contribution >= 4 is 28.6 Å². The van der Waals surface area contributed by atoms with E-state index in [0.29, 0.717) is 5.75 Å². The summed E-state index contributed by atoms with van der Waals surface area (Å²) < 4.78 is 6.33. The Labute approximate surface area is 135 Å². The Hall–Kier alpha value is -1.02. The Morgan fingerprint density at radius 2 is 1.65 bits per heavy atom. The molecule has 0 spiro atoms. The van der Waals surface area contributed by atoms with Gasteiger partial charge >= 0.3 is 5.97 Å². The fourth-order valence-electron chi connectivity index (χ4n) is 1.77. The van der Waals surface area contributed by atoms with Gasteiger partial charge in [-0.15, -0.1) is 0 Å². The molecule has 0 bridgehead atoms. The Morgan fingerprint density at radius 1 is 1.00 bits per heavy atom. The molecule has 0 atom stereocenters. The van der Waals surface area contributed by atoms with E-state index in [1.807, 2.05) is 18.2 Å². The smallest absolute Gasteiger partial charge is 0.389 e. The largest absolute Gasteiger partial charge is 0.417 e. The van der Waals surface area contributed by atoms with Crippen molar-refractivity contribution in [2.75, 3.05) is 4.43 Å². The van der Waals surface area contributed by atoms with Crippen LogP contribution >= 0.6 is 22.6 Å². The van der Waals surface area contributed by atoms with Crippen LogP contribution in [-0.4, -0.2) is 10.4 Å². The van der Waals surface area contributed by atoms with Crippen molar-refractivity contribution in [1.82, 2.24) is 0 Å². The van der Waals surface area contributed by atoms with Gasteiger partial charge in [0.1, 0.15) is 5.75 Å². The summed E-state index contributed by atoms with van der Waals surface area (Å²) in [4.78, 5) is 11.4. The summed E-state index contributed by atoms with van der Waals surface area (Å²) in [5.41, 5.74) is 0. The van der Waals surface area contributed by atoms with Crippen LogP contribution in [0.4, 0.5) is 0 Å². The third-order valence-corrected chi connectivity index (χ3v) is 3.59. The van der Waals surface area contributed by atoms with Crippen molar-refractivity contribution in [1.29, 1.82) is 0 Å². The Bertz CT molecular complexity index is 431. The topological polar surface area (TPSA) is 26.3 Å². The summed E-state index contributed by atoms with van der Waals surface area (Å²) in [5, 5.41) is 0. The van der Waals surface area contributed by atoms with E-state index in [1.54, 1.807) is 12.1 Å². The molecule has 1 aromatic rings. The molecule has 108 valence electrons. The summed E-state index contributed by atoms with van der Waals surface area (Å²) in [7, 11) is 0. The van der Waals surface area contributed by atoms with Gasteiger partial charge < -0.3 is 4.74 Å². The number of unbranched alkanes of at least 4 members (excludes halogenated alkanes) is 6. The van der Waals surface area contributed by atoms with Gasteiger partial charge in [-0.3, -0.25) is 0 Å². The van der Waals surface area contributed by atoms with Gasteiger partial charge in [0.15, 0.2) is 0 Å². The summed E-state index contributed by atoms with van der Waals surface area (Å²) in [6.45, 7) is 0. The van der Waals surface area contributed by atoms with Crippen LogP contribution in [0.3, 0.4) is 0 Å². The molecule has 0 fully saturated rings. The number of ether oxygens (including phenoxy) is 1. The van der Waals surface area contributed by atoms with Gasteiger partial charge in [-0.25, -0.2) is 4.79 Å². The van der Waals surface area contributed by atoms with Crippen molar-refractivity contribution in [2.24, 2.45) is 0 Å². The highest BCUT2D eigenvalue weighted by Crippen LogP contribution is 2.09. The zero-order valence-electron chi connectivity index (χ0n) is 11.7. The highest BCUT2D eigenvalue weighted by Gasteiger charge is 1.98. The quantitative estimate of drug-likeness (QED) is 0.123. The highest BCUT2D eigenvalue weighted by molar-refractivity contribution is 14.1. The van der Waals surface area contributed by atoms with Crippen molar-refractivity contribution < 1.29 is 9.53 Å². The first-order valence-corrected chi connectivity index (χ1v) is 8.67. The van der Waals surface area contributed by atoms with Gasteiger partial charge in [0.05, 0.1) is 0 Å². The molecule has 1 aromatic carbocycles. The molecule has 20 heavy (non-hydrogen) atoms. The van der Waals surface area contributed by atoms with E-state index in [4.69, 9.17) is 4.74 Å². The molecule has 0 aromatic heterocycles. The van der Waals surface area contributed by atoms with Gasteiger partial charge in [-0.2, -0.15) is 0 Å². The maximum absolute atomic E-state index is 11.4. The van der Waals surface area contributed by atoms with E-state index in [1.165, 1.54) is 36.5 Å². The minimum Gasteiger partial charge on any atom is -0.417 e. The maximum Gasteiger partial charge on any atom is 0.389 e. The highest BCUT2D eigenvalue weighted by atomic mass is 127. The molecule has 0 heterocycles. The van der Waals surface area contributed by atoms with Crippen LogP contribution in [0.15, 0.2) is 30.3 Å². The molecule has 0 aliphatic heterocycles. The molecule has 0 saturated carbocycles. The molecule has 0 amide bonds. The van der Waals surface area contributed by atoms with Gasteiger partial charge in [-0.05, 0) is 29.4 Å². The molecule has 0 N–H and O–H groups in total. The Balaban J connectivity index is 2.06. The third-order valence-electron chi connectivity index (χ3n) is 2.83. The van der Waals surface area contributed by atoms with Crippen molar-refractivity contribution in [3.63, 3.8) is 0 Å². The van der Waals surface area contributed by atoms with Gasteiger partial charge in [0, 0.05) is 12.3 Å². The number of halogens is 1. The number of benzene rings is 1. The van der Waals surface area contributed by atoms with Crippen LogP contribution in [0.1, 0.15) is 44.9 Å². The molecule has 0 aliphatic carbocycles. The monoisotopic (exact) mass is 384 g/mol. The van der Waals surface area contributed by atoms with E-state index < -0.39 is 5.97 Å². The van der Waals surface area contributed by atoms with Crippen LogP contribution in [0.25, 0.3) is 0 Å². The second-order valence-corrected chi connectivity index (χ2v) is 5.64. The lowest BCUT2D eigenvalue weighted by atomic mass is 10.1. The number of para-hydroxylation sites is 1. The average molecular weight is 384 g/mol. The SMILES string of the molecule is O=C(C#CCCCCCCCCI)Oc1ccccc1. The number of esters is 1. The standard InChI is InChI=1S/C17H21IO2/c18-15-11-6-4-2-1-3-5-10-14-17(19)20-16-12-8-7-9-13-16/h7-9,12-13H,1-6,11,15H2. The van der Waals surface area contributed by atoms with E-state index in [-0.39, 0.29) is 0 Å². The number of carbonyl (C=O) groups excluding carboxylic acids is 1. The molecule has 1 rings (SSSR count). The number of carbonyl (C=O) groups is 1. The molecule has 2 nitrogen and oxygen atoms in total. The zero-order valence-corrected chi connectivity index (χ0v) is 13.9. The predicted molar refractivity (Wildman–Crippen MR) is 91.1 cm³/mol. The molecule has 0 aliphatic rings. The second-order valence-electron chi connectivity index (χ2n) is 4.56. The summed E-state index contributed by atoms with van der Waals surface area (Å²) in [5.74, 6) is 5.48. The van der Waals surface area contributed by atoms with E-state index in [9.17, 15) is 4.79 Å². The molecular weight excluding hydrogens is 363 g/mol. The first-order chi connectivity index (χ1) is 9.83. The molecule has 3 heteroatoms. The predicted octanol–water partition coefficient (Wildman–Crippen LogP) is 4.76. The summed E-state index contributed by atoms with van der Waals surface area (Å²) >= 11 is 2.42. The van der Waals surface area contributed by atoms with Crippen LogP contribution in [0.5, 0.6) is 5.75 Å². The Kier molecular flexibility index (Phi) is 10.0. The normalized spacial score (nSPS) is 9.65. The van der Waals surface area contributed by atoms with Crippen molar-refractivity contribution in [3.05, 3.63) is 30.3 Å². The van der Waals surface area contributed by atoms with E-state index >= 15 is 0 Å². The summed E-state index contributed by atoms with van der Waals surface area (Å²) in [6.07, 6.45) is 8.28. The average Bonchev–Trinajstić information content (AvgIpc) is 2.46. The minimum atomic E-state index is -0.474. The summed E-state index contributed by atoms with van der Waals surface area (Å²) in [6, 6.07) is 9.02. The third kappa shape index (κ3) is 8.98. The molecule has 0 radical (unpaired) electrons. The lowest BCUT2D eigenvalue weighted by Gasteiger charge is -1.98. The van der Waals surface area contributed by atoms with Crippen LogP contribution < -0.4 is 4.74 Å². The van der Waals surface area contributed by atoms with Crippen LogP contribution in [0.2, 0.25) is 0 Å². The zero-order chi connectivity index (χ0) is 14.5. The number of hydrogen-bond acceptors (Lipinski definition) is 2. The first kappa shape index (κ1) is 17.0. The second kappa shape index (κ2) is 11.8. The molecule has 0 saturated heterocycles. The molecular formula is C17H21IO2. The fourth-order valence-corrected chi connectivity index (χ4v) is 2.31. The molecule has 0 unspecified atom stereocenters. The number of rotatable bonds is 8. The number of alkyl halides is 1. The number of hydrogen-bond donors (Lipinski definition) is 0. The lowest BCUT2D eigenvalue weighted by Crippen LogP contribution is -2.03.